The maximum atomic E-state index is 12.5. The highest BCUT2D eigenvalue weighted by molar-refractivity contribution is 5.94. The van der Waals surface area contributed by atoms with Crippen molar-refractivity contribution in [3.05, 3.63) is 29.8 Å². The number of anilines is 1. The molecule has 0 aliphatic rings. The van der Waals surface area contributed by atoms with Crippen molar-refractivity contribution in [2.45, 2.75) is 19.5 Å². The molecular formula is C10H10F3NO. The summed E-state index contributed by atoms with van der Waals surface area (Å²) in [4.78, 5) is 10.9. The van der Waals surface area contributed by atoms with E-state index in [9.17, 15) is 18.0 Å². The topological polar surface area (TPSA) is 29.1 Å². The average Bonchev–Trinajstić information content (AvgIpc) is 2.16. The molecule has 1 aromatic carbocycles. The van der Waals surface area contributed by atoms with Crippen LogP contribution in [0, 0.1) is 6.92 Å². The zero-order valence-corrected chi connectivity index (χ0v) is 8.01. The number of hydrogen-bond acceptors (Lipinski definition) is 1. The summed E-state index contributed by atoms with van der Waals surface area (Å²) in [6, 6.07) is 6.48. The molecule has 1 N–H and O–H groups in total. The van der Waals surface area contributed by atoms with Crippen molar-refractivity contribution in [2.75, 3.05) is 5.32 Å². The van der Waals surface area contributed by atoms with E-state index in [0.29, 0.717) is 5.69 Å². The lowest BCUT2D eigenvalue weighted by Gasteiger charge is -2.08. The van der Waals surface area contributed by atoms with Crippen LogP contribution in [0.1, 0.15) is 5.56 Å². The Hall–Kier alpha value is -1.52. The molecule has 1 amide bonds. The Bertz CT molecular complexity index is 354. The molecule has 0 aliphatic heterocycles. The maximum Gasteiger partial charge on any atom is 0.278 e. The second-order valence-corrected chi connectivity index (χ2v) is 3.09. The van der Waals surface area contributed by atoms with Gasteiger partial charge in [0.15, 0.2) is 0 Å². The third-order valence-corrected chi connectivity index (χ3v) is 1.76. The lowest BCUT2D eigenvalue weighted by molar-refractivity contribution is -0.125. The highest BCUT2D eigenvalue weighted by atomic mass is 19.3. The molecule has 2 nitrogen and oxygen atoms in total. The first kappa shape index (κ1) is 11.6. The summed E-state index contributed by atoms with van der Waals surface area (Å²) in [7, 11) is 0. The molecule has 0 saturated carbocycles. The number of rotatable bonds is 3. The van der Waals surface area contributed by atoms with Crippen LogP contribution in [0.3, 0.4) is 0 Å². The molecule has 1 atom stereocenters. The fourth-order valence-corrected chi connectivity index (χ4v) is 1.05. The van der Waals surface area contributed by atoms with Gasteiger partial charge in [0, 0.05) is 5.69 Å². The minimum Gasteiger partial charge on any atom is -0.323 e. The summed E-state index contributed by atoms with van der Waals surface area (Å²) in [5.41, 5.74) is 1.16. The van der Waals surface area contributed by atoms with E-state index in [2.05, 4.69) is 5.32 Å². The van der Waals surface area contributed by atoms with Crippen LogP contribution in [-0.2, 0) is 4.79 Å². The summed E-state index contributed by atoms with van der Waals surface area (Å²) in [6.07, 6.45) is -6.08. The predicted molar refractivity (Wildman–Crippen MR) is 50.7 cm³/mol. The summed E-state index contributed by atoms with van der Waals surface area (Å²) in [6.45, 7) is 1.77. The van der Waals surface area contributed by atoms with E-state index >= 15 is 0 Å². The van der Waals surface area contributed by atoms with Gasteiger partial charge in [-0.1, -0.05) is 12.1 Å². The van der Waals surface area contributed by atoms with E-state index in [0.717, 1.165) is 5.56 Å². The van der Waals surface area contributed by atoms with E-state index in [1.165, 1.54) is 6.07 Å². The number of carbonyl (C=O) groups excluding carboxylic acids is 1. The van der Waals surface area contributed by atoms with Crippen molar-refractivity contribution in [3.63, 3.8) is 0 Å². The molecule has 1 aromatic rings. The molecule has 0 heterocycles. The largest absolute Gasteiger partial charge is 0.323 e. The van der Waals surface area contributed by atoms with Crippen LogP contribution in [0.5, 0.6) is 0 Å². The van der Waals surface area contributed by atoms with E-state index in [-0.39, 0.29) is 0 Å². The number of benzene rings is 1. The van der Waals surface area contributed by atoms with E-state index < -0.39 is 18.5 Å². The van der Waals surface area contributed by atoms with Crippen LogP contribution < -0.4 is 5.32 Å². The van der Waals surface area contributed by atoms with Gasteiger partial charge in [-0.2, -0.15) is 0 Å². The number of alkyl halides is 3. The Kier molecular flexibility index (Phi) is 3.71. The van der Waals surface area contributed by atoms with Crippen molar-refractivity contribution in [1.29, 1.82) is 0 Å². The van der Waals surface area contributed by atoms with Crippen molar-refractivity contribution >= 4 is 11.6 Å². The molecule has 82 valence electrons. The first-order valence-corrected chi connectivity index (χ1v) is 4.30. The molecule has 0 bridgehead atoms. The van der Waals surface area contributed by atoms with Gasteiger partial charge >= 0.3 is 0 Å². The molecule has 5 heteroatoms. The van der Waals surface area contributed by atoms with Gasteiger partial charge in [-0.25, -0.2) is 13.2 Å². The minimum absolute atomic E-state index is 0.309. The van der Waals surface area contributed by atoms with Gasteiger partial charge in [-0.15, -0.1) is 0 Å². The van der Waals surface area contributed by atoms with Gasteiger partial charge in [0.2, 0.25) is 6.17 Å². The Morgan fingerprint density at radius 3 is 2.53 bits per heavy atom. The average molecular weight is 217 g/mol. The van der Waals surface area contributed by atoms with Crippen molar-refractivity contribution < 1.29 is 18.0 Å². The third-order valence-electron chi connectivity index (χ3n) is 1.76. The molecule has 0 aliphatic carbocycles. The van der Waals surface area contributed by atoms with Crippen molar-refractivity contribution in [1.82, 2.24) is 0 Å². The Balaban J connectivity index is 2.66. The number of aryl methyl sites for hydroxylation is 1. The summed E-state index contributed by atoms with van der Waals surface area (Å²) >= 11 is 0. The summed E-state index contributed by atoms with van der Waals surface area (Å²) < 4.78 is 36.2. The first-order valence-electron chi connectivity index (χ1n) is 4.30. The second-order valence-electron chi connectivity index (χ2n) is 3.09. The van der Waals surface area contributed by atoms with Crippen LogP contribution in [0.25, 0.3) is 0 Å². The summed E-state index contributed by atoms with van der Waals surface area (Å²) in [5.74, 6) is -1.32. The molecule has 0 saturated heterocycles. The van der Waals surface area contributed by atoms with Gasteiger partial charge in [-0.3, -0.25) is 4.79 Å². The predicted octanol–water partition coefficient (Wildman–Crippen LogP) is 2.54. The number of carbonyl (C=O) groups is 1. The molecule has 1 unspecified atom stereocenters. The molecule has 0 aromatic heterocycles. The fourth-order valence-electron chi connectivity index (χ4n) is 1.05. The van der Waals surface area contributed by atoms with E-state index in [4.69, 9.17) is 0 Å². The quantitative estimate of drug-likeness (QED) is 0.828. The molecular weight excluding hydrogens is 207 g/mol. The van der Waals surface area contributed by atoms with Crippen LogP contribution in [-0.4, -0.2) is 18.5 Å². The fraction of sp³-hybridized carbons (Fsp3) is 0.300. The Labute approximate surface area is 85.1 Å². The molecule has 0 radical (unpaired) electrons. The number of nitrogens with one attached hydrogen (secondary N) is 1. The second kappa shape index (κ2) is 4.82. The van der Waals surface area contributed by atoms with Gasteiger partial charge < -0.3 is 5.32 Å². The lowest BCUT2D eigenvalue weighted by Crippen LogP contribution is -2.29. The van der Waals surface area contributed by atoms with Gasteiger partial charge in [-0.05, 0) is 24.6 Å². The van der Waals surface area contributed by atoms with E-state index in [1.54, 1.807) is 25.1 Å². The smallest absolute Gasteiger partial charge is 0.278 e. The minimum atomic E-state index is -3.30. The summed E-state index contributed by atoms with van der Waals surface area (Å²) in [5, 5.41) is 2.07. The van der Waals surface area contributed by atoms with Gasteiger partial charge in [0.1, 0.15) is 0 Å². The standard InChI is InChI=1S/C10H10F3NO/c1-6-3-2-4-7(5-6)14-10(15)8(11)9(12)13/h2-5,8-9H,1H3,(H,14,15). The lowest BCUT2D eigenvalue weighted by atomic mass is 10.2. The zero-order valence-electron chi connectivity index (χ0n) is 8.01. The number of halogens is 3. The van der Waals surface area contributed by atoms with Crippen LogP contribution in [0.15, 0.2) is 24.3 Å². The highest BCUT2D eigenvalue weighted by Crippen LogP contribution is 2.12. The van der Waals surface area contributed by atoms with Crippen LogP contribution in [0.4, 0.5) is 18.9 Å². The normalized spacial score (nSPS) is 12.6. The third kappa shape index (κ3) is 3.27. The van der Waals surface area contributed by atoms with Crippen molar-refractivity contribution in [2.24, 2.45) is 0 Å². The highest BCUT2D eigenvalue weighted by Gasteiger charge is 2.27. The maximum absolute atomic E-state index is 12.5. The van der Waals surface area contributed by atoms with Crippen molar-refractivity contribution in [3.8, 4) is 0 Å². The van der Waals surface area contributed by atoms with Crippen LogP contribution >= 0.6 is 0 Å². The molecule has 0 spiro atoms. The first-order chi connectivity index (χ1) is 7.00. The monoisotopic (exact) mass is 217 g/mol. The van der Waals surface area contributed by atoms with Gasteiger partial charge in [0.25, 0.3) is 12.3 Å². The SMILES string of the molecule is Cc1cccc(NC(=O)C(F)C(F)F)c1. The number of hydrogen-bond donors (Lipinski definition) is 1. The van der Waals surface area contributed by atoms with E-state index in [1.807, 2.05) is 0 Å². The zero-order chi connectivity index (χ0) is 11.4. The number of amides is 1. The molecule has 15 heavy (non-hydrogen) atoms. The van der Waals surface area contributed by atoms with Crippen LogP contribution in [0.2, 0.25) is 0 Å². The Morgan fingerprint density at radius 2 is 2.00 bits per heavy atom. The van der Waals surface area contributed by atoms with Gasteiger partial charge in [0.05, 0.1) is 0 Å². The molecule has 1 rings (SSSR count). The Morgan fingerprint density at radius 1 is 1.33 bits per heavy atom. The molecule has 0 fully saturated rings.